The lowest BCUT2D eigenvalue weighted by atomic mass is 10.1. The van der Waals surface area contributed by atoms with Crippen molar-refractivity contribution >= 4 is 21.4 Å². The number of anilines is 1. The Hall–Kier alpha value is -1.80. The van der Waals surface area contributed by atoms with E-state index >= 15 is 0 Å². The molecule has 1 atom stereocenters. The van der Waals surface area contributed by atoms with Crippen LogP contribution in [-0.4, -0.2) is 57.6 Å². The molecule has 1 aliphatic rings. The van der Waals surface area contributed by atoms with Gasteiger partial charge in [0, 0.05) is 28.2 Å². The van der Waals surface area contributed by atoms with Crippen LogP contribution in [0.1, 0.15) is 56.1 Å². The Morgan fingerprint density at radius 3 is 3.04 bits per heavy atom. The minimum Gasteiger partial charge on any atom is -0.496 e. The number of rotatable bonds is 7. The number of sulfone groups is 1. The van der Waals surface area contributed by atoms with Gasteiger partial charge in [-0.25, -0.2) is 8.42 Å². The highest BCUT2D eigenvalue weighted by Gasteiger charge is 2.25. The molecule has 1 heterocycles. The van der Waals surface area contributed by atoms with Crippen molar-refractivity contribution in [2.45, 2.75) is 37.5 Å². The van der Waals surface area contributed by atoms with Crippen molar-refractivity contribution in [3.8, 4) is 5.75 Å². The number of nitrogen functional groups attached to an aromatic ring is 1. The van der Waals surface area contributed by atoms with Crippen LogP contribution in [0.4, 0.5) is 5.69 Å². The molecule has 0 aliphatic carbocycles. The molecular formula is C17H27N3O4S. The maximum Gasteiger partial charge on any atom is 0.255 e. The monoisotopic (exact) mass is 383 g/mol. The molecule has 2 rings (SSSR count). The lowest BCUT2D eigenvalue weighted by Crippen LogP contribution is -2.40. The summed E-state index contributed by atoms with van der Waals surface area (Å²) in [6, 6.07) is -5.93. The summed E-state index contributed by atoms with van der Waals surface area (Å²) in [5.74, 6) is -3.74. The number of carbonyl (C=O) groups excluding carboxylic acids is 1. The molecule has 0 radical (unpaired) electrons. The molecular weight excluding hydrogens is 342 g/mol. The second kappa shape index (κ2) is 8.05. The molecule has 0 bridgehead atoms. The first-order chi connectivity index (χ1) is 17.2. The van der Waals surface area contributed by atoms with Gasteiger partial charge in [0.15, 0.2) is 9.84 Å². The molecule has 1 aliphatic heterocycles. The molecule has 25 heavy (non-hydrogen) atoms. The smallest absolute Gasteiger partial charge is 0.255 e. The van der Waals surface area contributed by atoms with E-state index in [9.17, 15) is 13.2 Å². The van der Waals surface area contributed by atoms with Gasteiger partial charge in [0.25, 0.3) is 5.91 Å². The van der Waals surface area contributed by atoms with Crippen molar-refractivity contribution in [3.05, 3.63) is 17.6 Å². The average Bonchev–Trinajstić information content (AvgIpc) is 2.83. The fourth-order valence-electron chi connectivity index (χ4n) is 1.90. The van der Waals surface area contributed by atoms with E-state index in [0.29, 0.717) is 0 Å². The third-order valence-corrected chi connectivity index (χ3v) is 4.93. The quantitative estimate of drug-likeness (QED) is 0.688. The first kappa shape index (κ1) is 7.84. The van der Waals surface area contributed by atoms with Crippen molar-refractivity contribution < 1.29 is 37.1 Å². The van der Waals surface area contributed by atoms with Gasteiger partial charge in [0.05, 0.1) is 38.5 Å². The van der Waals surface area contributed by atoms with Gasteiger partial charge in [-0.1, -0.05) is 13.8 Å². The predicted octanol–water partition coefficient (Wildman–Crippen LogP) is 1.29. The summed E-state index contributed by atoms with van der Waals surface area (Å²) in [5.41, 5.74) is 3.47. The zero-order chi connectivity index (χ0) is 30.9. The fraction of sp³-hybridized carbons (Fsp3) is 0.588. The molecule has 3 N–H and O–H groups in total. The summed E-state index contributed by atoms with van der Waals surface area (Å²) < 4.78 is 142. The minimum absolute atomic E-state index is 0.216. The van der Waals surface area contributed by atoms with Crippen LogP contribution < -0.4 is 15.8 Å². The van der Waals surface area contributed by atoms with Crippen molar-refractivity contribution in [3.63, 3.8) is 0 Å². The fourth-order valence-corrected chi connectivity index (χ4v) is 2.83. The highest BCUT2D eigenvalue weighted by atomic mass is 32.2. The predicted molar refractivity (Wildman–Crippen MR) is 97.7 cm³/mol. The second-order valence-corrected chi connectivity index (χ2v) is 6.95. The number of hydrogen-bond acceptors (Lipinski definition) is 6. The van der Waals surface area contributed by atoms with Crippen LogP contribution in [0.15, 0.2) is 17.0 Å². The minimum atomic E-state index is -4.44. The third kappa shape index (κ3) is 4.24. The number of methoxy groups -OCH3 is 1. The zero-order valence-corrected chi connectivity index (χ0v) is 14.3. The van der Waals surface area contributed by atoms with Crippen LogP contribution in [0, 0.1) is 0 Å². The van der Waals surface area contributed by atoms with Gasteiger partial charge in [0.2, 0.25) is 0 Å². The van der Waals surface area contributed by atoms with Gasteiger partial charge in [-0.05, 0) is 31.8 Å². The number of hydrogen-bond donors (Lipinski definition) is 2. The Bertz CT molecular complexity index is 1280. The molecule has 1 unspecified atom stereocenters. The Balaban J connectivity index is 2.87. The standard InChI is InChI=1S/C17H27N3O4S/c1-4-20-8-6-7-12(20)11-19-17(21)13-9-16(25(22,23)5-2)14(18)10-15(13)24-3/h9-10,12H,4-8,11,18H2,1-3H3,(H,19,21)/i3D3,6D2,7D2,8D2,9D,10D,11D2,12D. The molecule has 0 saturated carbocycles. The average molecular weight is 384 g/mol. The van der Waals surface area contributed by atoms with Crippen LogP contribution in [0.2, 0.25) is 0 Å². The summed E-state index contributed by atoms with van der Waals surface area (Å²) in [7, 11) is -7.82. The molecule has 8 heteroatoms. The van der Waals surface area contributed by atoms with E-state index in [1.807, 2.05) is 0 Å². The summed E-state index contributed by atoms with van der Waals surface area (Å²) in [6.45, 7) is -5.23. The molecule has 0 aromatic heterocycles. The van der Waals surface area contributed by atoms with Gasteiger partial charge in [-0.3, -0.25) is 9.69 Å². The van der Waals surface area contributed by atoms with Crippen molar-refractivity contribution in [2.24, 2.45) is 0 Å². The number of nitrogens with two attached hydrogens (primary N) is 1. The Labute approximate surface area is 169 Å². The number of carbonyl (C=O) groups is 1. The number of nitrogens with one attached hydrogen (secondary N) is 1. The number of amides is 1. The van der Waals surface area contributed by atoms with Gasteiger partial charge in [0.1, 0.15) is 5.75 Å². The first-order valence-electron chi connectivity index (χ1n) is 14.2. The van der Waals surface area contributed by atoms with E-state index in [-0.39, 0.29) is 4.90 Å². The number of benzene rings is 1. The van der Waals surface area contributed by atoms with E-state index < -0.39 is 101 Å². The van der Waals surface area contributed by atoms with Gasteiger partial charge < -0.3 is 15.8 Å². The highest BCUT2D eigenvalue weighted by molar-refractivity contribution is 7.91. The first-order valence-corrected chi connectivity index (χ1v) is 8.81. The van der Waals surface area contributed by atoms with Crippen LogP contribution in [0.5, 0.6) is 5.75 Å². The zero-order valence-electron chi connectivity index (χ0n) is 27.5. The molecule has 0 spiro atoms. The normalized spacial score (nSPS) is 36.6. The van der Waals surface area contributed by atoms with E-state index in [1.165, 1.54) is 6.92 Å². The maximum absolute atomic E-state index is 13.4. The summed E-state index contributed by atoms with van der Waals surface area (Å²) in [6.07, 6.45) is -7.14. The van der Waals surface area contributed by atoms with Gasteiger partial charge in [-0.2, -0.15) is 0 Å². The van der Waals surface area contributed by atoms with E-state index in [2.05, 4.69) is 4.74 Å². The molecule has 1 amide bonds. The van der Waals surface area contributed by atoms with Crippen molar-refractivity contribution in [1.82, 2.24) is 10.2 Å². The Kier molecular flexibility index (Phi) is 2.52. The van der Waals surface area contributed by atoms with Gasteiger partial charge >= 0.3 is 0 Å². The number of nitrogens with zero attached hydrogens (tertiary/aromatic N) is 1. The molecule has 1 saturated heterocycles. The maximum atomic E-state index is 13.4. The molecule has 1 aromatic carbocycles. The second-order valence-electron chi connectivity index (χ2n) is 4.74. The van der Waals surface area contributed by atoms with Crippen LogP contribution in [-0.2, 0) is 9.84 Å². The van der Waals surface area contributed by atoms with E-state index in [1.54, 1.807) is 5.32 Å². The molecule has 1 fully saturated rings. The SMILES string of the molecule is [2H]c1c(N)c(S(=O)(=O)CC)c([2H])c(C(=O)NC([2H])([2H])C2([2H])N(CC)C([2H])([2H])C([2H])([2H])C2([2H])[2H])c1OC([2H])([2H])[2H]. The van der Waals surface area contributed by atoms with E-state index in [0.717, 1.165) is 6.92 Å². The number of ether oxygens (including phenoxy) is 1. The molecule has 140 valence electrons. The summed E-state index contributed by atoms with van der Waals surface area (Å²) >= 11 is 0. The van der Waals surface area contributed by atoms with Crippen LogP contribution >= 0.6 is 0 Å². The largest absolute Gasteiger partial charge is 0.496 e. The number of likely N-dealkylation sites (N-methyl/N-ethyl adjacent to an activating group) is 1. The lowest BCUT2D eigenvalue weighted by Gasteiger charge is -2.23. The summed E-state index contributed by atoms with van der Waals surface area (Å²) in [4.78, 5) is 12.5. The van der Waals surface area contributed by atoms with E-state index in [4.69, 9.17) is 24.9 Å². The summed E-state index contributed by atoms with van der Waals surface area (Å²) in [5, 5.41) is 1.55. The Morgan fingerprint density at radius 1 is 1.64 bits per heavy atom. The topological polar surface area (TPSA) is 102 Å². The van der Waals surface area contributed by atoms with Crippen molar-refractivity contribution in [1.29, 1.82) is 0 Å². The van der Waals surface area contributed by atoms with Crippen molar-refractivity contribution in [2.75, 3.05) is 38.1 Å². The molecule has 7 nitrogen and oxygen atoms in total. The molecule has 1 aromatic rings. The van der Waals surface area contributed by atoms with Gasteiger partial charge in [-0.15, -0.1) is 0 Å². The Morgan fingerprint density at radius 2 is 2.40 bits per heavy atom. The number of likely N-dealkylation sites (tertiary alicyclic amines) is 1. The lowest BCUT2D eigenvalue weighted by molar-refractivity contribution is 0.0938. The third-order valence-electron chi connectivity index (χ3n) is 3.23. The van der Waals surface area contributed by atoms with Crippen LogP contribution in [0.3, 0.4) is 0 Å². The van der Waals surface area contributed by atoms with Crippen LogP contribution in [0.25, 0.3) is 0 Å². The highest BCUT2D eigenvalue weighted by Crippen LogP contribution is 2.29.